The maximum Gasteiger partial charge on any atom is 0.164 e. The second-order valence-corrected chi connectivity index (χ2v) is 15.1. The Morgan fingerprint density at radius 1 is 0.356 bits per heavy atom. The number of aromatic nitrogens is 3. The van der Waals surface area contributed by atoms with Gasteiger partial charge in [0.1, 0.15) is 11.9 Å². The summed E-state index contributed by atoms with van der Waals surface area (Å²) in [6.07, 6.45) is 4.38. The van der Waals surface area contributed by atoms with Crippen LogP contribution in [0.1, 0.15) is 22.6 Å². The molecule has 0 bridgehead atoms. The van der Waals surface area contributed by atoms with Crippen LogP contribution in [0.25, 0.3) is 78.3 Å². The van der Waals surface area contributed by atoms with Crippen LogP contribution in [0.3, 0.4) is 0 Å². The van der Waals surface area contributed by atoms with Gasteiger partial charge in [0.2, 0.25) is 0 Å². The molecular formula is C55H37N3O. The van der Waals surface area contributed by atoms with Crippen molar-refractivity contribution in [1.82, 2.24) is 15.0 Å². The molecule has 0 N–H and O–H groups in total. The third-order valence-corrected chi connectivity index (χ3v) is 11.6. The Morgan fingerprint density at radius 2 is 0.814 bits per heavy atom. The molecule has 0 saturated carbocycles. The molecule has 1 aliphatic heterocycles. The Labute approximate surface area is 343 Å². The molecule has 11 rings (SSSR count). The minimum absolute atomic E-state index is 0.000742. The maximum atomic E-state index is 6.82. The summed E-state index contributed by atoms with van der Waals surface area (Å²) in [7, 11) is 0. The van der Waals surface area contributed by atoms with Gasteiger partial charge in [0.25, 0.3) is 0 Å². The van der Waals surface area contributed by atoms with E-state index in [1.165, 1.54) is 38.8 Å². The van der Waals surface area contributed by atoms with E-state index in [-0.39, 0.29) is 12.0 Å². The average molecular weight is 756 g/mol. The highest BCUT2D eigenvalue weighted by atomic mass is 16.5. The molecule has 278 valence electrons. The smallest absolute Gasteiger partial charge is 0.164 e. The molecule has 0 spiro atoms. The molecule has 0 fully saturated rings. The number of hydrogen-bond donors (Lipinski definition) is 0. The van der Waals surface area contributed by atoms with Crippen molar-refractivity contribution in [2.75, 3.05) is 0 Å². The number of ether oxygens (including phenoxy) is 1. The standard InChI is InChI=1S/C55H37N3O/c1-4-14-36(15-5-1)38-24-28-41(29-25-38)53-56-54(42-30-26-39(27-31-42)37-16-6-2-7-17-37)58-55(57-53)44-34-43-20-10-11-21-45(43)49(35-44)47-33-32-46(40-18-8-3-9-19-40)52-51(47)48-22-12-13-23-50(48)59-52/h1-35,51-52H. The van der Waals surface area contributed by atoms with Crippen molar-refractivity contribution in [2.45, 2.75) is 12.0 Å². The molecule has 0 amide bonds. The van der Waals surface area contributed by atoms with Crippen LogP contribution in [0, 0.1) is 0 Å². The number of fused-ring (bicyclic) bond motifs is 4. The molecule has 59 heavy (non-hydrogen) atoms. The molecular weight excluding hydrogens is 719 g/mol. The third kappa shape index (κ3) is 6.41. The van der Waals surface area contributed by atoms with E-state index < -0.39 is 0 Å². The van der Waals surface area contributed by atoms with Gasteiger partial charge >= 0.3 is 0 Å². The quantitative estimate of drug-likeness (QED) is 0.163. The fourth-order valence-electron chi connectivity index (χ4n) is 8.64. The van der Waals surface area contributed by atoms with Crippen LogP contribution >= 0.6 is 0 Å². The number of nitrogens with zero attached hydrogens (tertiary/aromatic N) is 3. The zero-order valence-electron chi connectivity index (χ0n) is 32.1. The lowest BCUT2D eigenvalue weighted by molar-refractivity contribution is 0.281. The molecule has 8 aromatic carbocycles. The summed E-state index contributed by atoms with van der Waals surface area (Å²) in [5.74, 6) is 2.79. The first-order valence-electron chi connectivity index (χ1n) is 20.1. The Balaban J connectivity index is 1.08. The summed E-state index contributed by atoms with van der Waals surface area (Å²) in [5, 5.41) is 2.29. The highest BCUT2D eigenvalue weighted by molar-refractivity contribution is 6.00. The number of hydrogen-bond acceptors (Lipinski definition) is 4. The van der Waals surface area contributed by atoms with E-state index in [4.69, 9.17) is 19.7 Å². The summed E-state index contributed by atoms with van der Waals surface area (Å²) in [4.78, 5) is 15.6. The first kappa shape index (κ1) is 34.5. The van der Waals surface area contributed by atoms with Crippen LogP contribution in [-0.2, 0) is 0 Å². The van der Waals surface area contributed by atoms with Gasteiger partial charge in [0, 0.05) is 27.8 Å². The van der Waals surface area contributed by atoms with Gasteiger partial charge in [0.05, 0.1) is 5.92 Å². The van der Waals surface area contributed by atoms with Gasteiger partial charge in [-0.05, 0) is 67.9 Å². The van der Waals surface area contributed by atoms with E-state index in [0.717, 1.165) is 44.5 Å². The predicted molar refractivity (Wildman–Crippen MR) is 241 cm³/mol. The lowest BCUT2D eigenvalue weighted by atomic mass is 9.75. The van der Waals surface area contributed by atoms with Gasteiger partial charge in [-0.1, -0.05) is 194 Å². The van der Waals surface area contributed by atoms with Gasteiger partial charge in [-0.15, -0.1) is 0 Å². The van der Waals surface area contributed by atoms with Crippen molar-refractivity contribution >= 4 is 21.9 Å². The van der Waals surface area contributed by atoms with Gasteiger partial charge in [-0.3, -0.25) is 0 Å². The number of rotatable bonds is 7. The lowest BCUT2D eigenvalue weighted by Gasteiger charge is -2.29. The minimum Gasteiger partial charge on any atom is -0.484 e. The van der Waals surface area contributed by atoms with Gasteiger partial charge < -0.3 is 4.74 Å². The molecule has 2 heterocycles. The van der Waals surface area contributed by atoms with Crippen LogP contribution in [0.5, 0.6) is 5.75 Å². The third-order valence-electron chi connectivity index (χ3n) is 11.6. The van der Waals surface area contributed by atoms with Crippen molar-refractivity contribution in [3.63, 3.8) is 0 Å². The van der Waals surface area contributed by atoms with Gasteiger partial charge in [-0.2, -0.15) is 0 Å². The first-order chi connectivity index (χ1) is 29.2. The van der Waals surface area contributed by atoms with Crippen LogP contribution in [-0.4, -0.2) is 21.1 Å². The molecule has 0 radical (unpaired) electrons. The molecule has 2 atom stereocenters. The number of para-hydroxylation sites is 1. The van der Waals surface area contributed by atoms with Crippen molar-refractivity contribution in [1.29, 1.82) is 0 Å². The Kier molecular flexibility index (Phi) is 8.59. The van der Waals surface area contributed by atoms with Crippen molar-refractivity contribution in [3.8, 4) is 62.2 Å². The van der Waals surface area contributed by atoms with Crippen LogP contribution < -0.4 is 4.74 Å². The fourth-order valence-corrected chi connectivity index (χ4v) is 8.64. The second-order valence-electron chi connectivity index (χ2n) is 15.1. The van der Waals surface area contributed by atoms with E-state index in [1.54, 1.807) is 0 Å². The van der Waals surface area contributed by atoms with Crippen LogP contribution in [0.15, 0.2) is 212 Å². The molecule has 0 saturated heterocycles. The molecule has 1 aliphatic carbocycles. The summed E-state index contributed by atoms with van der Waals surface area (Å²) in [5.41, 5.74) is 13.3. The molecule has 9 aromatic rings. The number of benzene rings is 8. The van der Waals surface area contributed by atoms with E-state index in [0.29, 0.717) is 17.5 Å². The van der Waals surface area contributed by atoms with E-state index in [1.807, 2.05) is 12.1 Å². The summed E-state index contributed by atoms with van der Waals surface area (Å²) in [6, 6.07) is 70.0. The van der Waals surface area contributed by atoms with Gasteiger partial charge in [-0.25, -0.2) is 15.0 Å². The average Bonchev–Trinajstić information content (AvgIpc) is 3.72. The monoisotopic (exact) mass is 755 g/mol. The van der Waals surface area contributed by atoms with Crippen molar-refractivity contribution in [2.24, 2.45) is 0 Å². The van der Waals surface area contributed by atoms with Crippen LogP contribution in [0.2, 0.25) is 0 Å². The molecule has 2 unspecified atom stereocenters. The molecule has 2 aliphatic rings. The lowest BCUT2D eigenvalue weighted by Crippen LogP contribution is -2.24. The van der Waals surface area contributed by atoms with Crippen LogP contribution in [0.4, 0.5) is 0 Å². The van der Waals surface area contributed by atoms with Gasteiger partial charge in [0.15, 0.2) is 17.5 Å². The Bertz CT molecular complexity index is 2950. The zero-order chi connectivity index (χ0) is 39.1. The fraction of sp³-hybridized carbons (Fsp3) is 0.0364. The predicted octanol–water partition coefficient (Wildman–Crippen LogP) is 13.4. The van der Waals surface area contributed by atoms with E-state index in [9.17, 15) is 0 Å². The topological polar surface area (TPSA) is 47.9 Å². The Morgan fingerprint density at radius 3 is 1.42 bits per heavy atom. The second kappa shape index (κ2) is 14.7. The van der Waals surface area contributed by atoms with E-state index >= 15 is 0 Å². The Hall–Kier alpha value is -7.69. The highest BCUT2D eigenvalue weighted by Crippen LogP contribution is 2.53. The maximum absolute atomic E-state index is 6.82. The molecule has 1 aromatic heterocycles. The summed E-state index contributed by atoms with van der Waals surface area (Å²) < 4.78 is 6.82. The zero-order valence-corrected chi connectivity index (χ0v) is 32.1. The SMILES string of the molecule is C1=C(c2ccccc2)C2Oc3ccccc3C2C(c2cc(-c3nc(-c4ccc(-c5ccccc5)cc4)nc(-c4ccc(-c5ccccc5)cc4)n3)cc3ccccc23)=C1. The largest absolute Gasteiger partial charge is 0.484 e. The minimum atomic E-state index is -0.162. The summed E-state index contributed by atoms with van der Waals surface area (Å²) >= 11 is 0. The number of allylic oxidation sites excluding steroid dienone is 2. The normalized spacial score (nSPS) is 15.5. The molecule has 4 nitrogen and oxygen atoms in total. The van der Waals surface area contributed by atoms with E-state index in [2.05, 4.69) is 200 Å². The van der Waals surface area contributed by atoms with Crippen molar-refractivity contribution in [3.05, 3.63) is 229 Å². The first-order valence-corrected chi connectivity index (χ1v) is 20.1. The summed E-state index contributed by atoms with van der Waals surface area (Å²) in [6.45, 7) is 0. The van der Waals surface area contributed by atoms with Crippen molar-refractivity contribution < 1.29 is 4.74 Å². The molecule has 4 heteroatoms. The highest BCUT2D eigenvalue weighted by Gasteiger charge is 2.41.